The number of aliphatic hydroxyl groups excluding tert-OH is 1. The van der Waals surface area contributed by atoms with E-state index >= 15 is 0 Å². The van der Waals surface area contributed by atoms with E-state index in [0.29, 0.717) is 29.4 Å². The Morgan fingerprint density at radius 1 is 0.957 bits per heavy atom. The van der Waals surface area contributed by atoms with Crippen molar-refractivity contribution in [2.75, 3.05) is 4.90 Å². The monoisotopic (exact) mass is 664 g/mol. The molecule has 3 heterocycles. The predicted octanol–water partition coefficient (Wildman–Crippen LogP) is 5.49. The van der Waals surface area contributed by atoms with E-state index in [9.17, 15) is 19.5 Å². The van der Waals surface area contributed by atoms with Gasteiger partial charge < -0.3 is 29.2 Å². The zero-order valence-electron chi connectivity index (χ0n) is 24.4. The smallest absolute Gasteiger partial charge is 0.408 e. The Morgan fingerprint density at radius 3 is 2.35 bits per heavy atom. The molecule has 6 rings (SSSR count). The number of imidazole rings is 1. The van der Waals surface area contributed by atoms with E-state index in [-0.39, 0.29) is 37.0 Å². The van der Waals surface area contributed by atoms with Gasteiger partial charge in [0.15, 0.2) is 11.4 Å². The quantitative estimate of drug-likeness (QED) is 0.225. The highest BCUT2D eigenvalue weighted by Crippen LogP contribution is 2.39. The first-order valence-electron chi connectivity index (χ1n) is 14.6. The average Bonchev–Trinajstić information content (AvgIpc) is 3.55. The van der Waals surface area contributed by atoms with Crippen molar-refractivity contribution in [3.63, 3.8) is 0 Å². The van der Waals surface area contributed by atoms with E-state index in [1.54, 1.807) is 35.2 Å². The van der Waals surface area contributed by atoms with Crippen LogP contribution in [0.4, 0.5) is 10.5 Å². The first-order valence-corrected chi connectivity index (χ1v) is 15.4. The number of halogens is 2. The molecular weight excluding hydrogens is 635 g/mol. The van der Waals surface area contributed by atoms with Gasteiger partial charge in [0.25, 0.3) is 5.91 Å². The van der Waals surface area contributed by atoms with Crippen molar-refractivity contribution in [1.29, 1.82) is 0 Å². The molecular formula is C33H30Cl2N4O7. The highest BCUT2D eigenvalue weighted by molar-refractivity contribution is 6.40. The van der Waals surface area contributed by atoms with Gasteiger partial charge in [-0.05, 0) is 28.8 Å². The van der Waals surface area contributed by atoms with Crippen molar-refractivity contribution in [3.05, 3.63) is 118 Å². The number of nitrogens with one attached hydrogen (secondary N) is 1. The topological polar surface area (TPSA) is 132 Å². The van der Waals surface area contributed by atoms with Crippen LogP contribution in [0.5, 0.6) is 0 Å². The number of hydrogen-bond acceptors (Lipinski definition) is 8. The van der Waals surface area contributed by atoms with Crippen LogP contribution in [0.25, 0.3) is 0 Å². The van der Waals surface area contributed by atoms with Gasteiger partial charge in [-0.2, -0.15) is 0 Å². The molecule has 46 heavy (non-hydrogen) atoms. The molecule has 2 aliphatic heterocycles. The largest absolute Gasteiger partial charge is 0.445 e. The maximum Gasteiger partial charge on any atom is 0.408 e. The third kappa shape index (κ3) is 7.09. The van der Waals surface area contributed by atoms with Gasteiger partial charge in [-0.15, -0.1) is 0 Å². The van der Waals surface area contributed by atoms with Gasteiger partial charge in [0.1, 0.15) is 17.8 Å². The second-order valence-electron chi connectivity index (χ2n) is 11.0. The van der Waals surface area contributed by atoms with Gasteiger partial charge in [-0.25, -0.2) is 14.7 Å². The molecule has 0 aliphatic carbocycles. The van der Waals surface area contributed by atoms with E-state index in [4.69, 9.17) is 37.4 Å². The van der Waals surface area contributed by atoms with Crippen LogP contribution in [0.1, 0.15) is 47.5 Å². The summed E-state index contributed by atoms with van der Waals surface area (Å²) in [6, 6.07) is 22.3. The molecule has 4 aromatic rings. The van der Waals surface area contributed by atoms with E-state index in [1.807, 2.05) is 54.6 Å². The van der Waals surface area contributed by atoms with Gasteiger partial charge in [-0.1, -0.05) is 89.9 Å². The number of ether oxygens (including phenoxy) is 3. The summed E-state index contributed by atoms with van der Waals surface area (Å²) in [7, 11) is 0. The average molecular weight is 666 g/mol. The van der Waals surface area contributed by atoms with Gasteiger partial charge in [0.2, 0.25) is 5.91 Å². The Hall–Kier alpha value is -4.26. The van der Waals surface area contributed by atoms with Crippen LogP contribution < -0.4 is 10.2 Å². The molecule has 238 valence electrons. The van der Waals surface area contributed by atoms with Crippen molar-refractivity contribution in [1.82, 2.24) is 14.9 Å². The second-order valence-corrected chi connectivity index (χ2v) is 11.7. The van der Waals surface area contributed by atoms with Crippen LogP contribution >= 0.6 is 23.2 Å². The van der Waals surface area contributed by atoms with Crippen LogP contribution in [-0.4, -0.2) is 44.7 Å². The minimum Gasteiger partial charge on any atom is -0.445 e. The zero-order chi connectivity index (χ0) is 32.2. The molecule has 11 nitrogen and oxygen atoms in total. The van der Waals surface area contributed by atoms with Crippen LogP contribution in [0.3, 0.4) is 0 Å². The summed E-state index contributed by atoms with van der Waals surface area (Å²) in [6.45, 7) is 0.348. The molecule has 3 amide bonds. The number of amides is 3. The first-order chi connectivity index (χ1) is 22.3. The van der Waals surface area contributed by atoms with Gasteiger partial charge in [-0.3, -0.25) is 9.59 Å². The molecule has 2 fully saturated rings. The number of hydrogen-bond donors (Lipinski definition) is 2. The van der Waals surface area contributed by atoms with Crippen LogP contribution in [0, 0.1) is 0 Å². The molecule has 0 spiro atoms. The van der Waals surface area contributed by atoms with Crippen molar-refractivity contribution in [3.8, 4) is 0 Å². The molecule has 0 radical (unpaired) electrons. The summed E-state index contributed by atoms with van der Waals surface area (Å²) in [4.78, 5) is 43.4. The summed E-state index contributed by atoms with van der Waals surface area (Å²) in [6.07, 6.45) is -0.371. The van der Waals surface area contributed by atoms with Crippen molar-refractivity contribution < 1.29 is 33.7 Å². The lowest BCUT2D eigenvalue weighted by Gasteiger charge is -2.36. The normalized spacial score (nSPS) is 21.4. The minimum absolute atomic E-state index is 0.0385. The zero-order valence-corrected chi connectivity index (χ0v) is 25.9. The molecule has 4 atom stereocenters. The molecule has 2 N–H and O–H groups in total. The lowest BCUT2D eigenvalue weighted by Crippen LogP contribution is -2.42. The predicted molar refractivity (Wildman–Crippen MR) is 168 cm³/mol. The maximum atomic E-state index is 13.1. The summed E-state index contributed by atoms with van der Waals surface area (Å²) < 4.78 is 19.6. The molecule has 1 aromatic heterocycles. The Labute approximate surface area is 274 Å². The van der Waals surface area contributed by atoms with E-state index in [1.165, 1.54) is 0 Å². The van der Waals surface area contributed by atoms with Gasteiger partial charge in [0, 0.05) is 12.0 Å². The fourth-order valence-electron chi connectivity index (χ4n) is 5.43. The first kappa shape index (κ1) is 31.7. The molecule has 2 saturated heterocycles. The Bertz CT molecular complexity index is 1700. The Morgan fingerprint density at radius 2 is 1.67 bits per heavy atom. The molecule has 0 saturated carbocycles. The summed E-state index contributed by atoms with van der Waals surface area (Å²) in [5.41, 5.74) is 3.51. The number of nitrogens with zero attached hydrogens (tertiary/aromatic N) is 3. The number of rotatable bonds is 9. The lowest BCUT2D eigenvalue weighted by atomic mass is 10.00. The fraction of sp³-hybridized carbons (Fsp3) is 0.273. The molecule has 2 aliphatic rings. The van der Waals surface area contributed by atoms with Gasteiger partial charge in [0.05, 0.1) is 43.8 Å². The van der Waals surface area contributed by atoms with Crippen LogP contribution in [-0.2, 0) is 43.6 Å². The number of imide groups is 1. The van der Waals surface area contributed by atoms with Crippen LogP contribution in [0.15, 0.2) is 85.2 Å². The number of alkyl carbamates (subject to hydrolysis) is 1. The Kier molecular flexibility index (Phi) is 9.67. The fourth-order valence-corrected chi connectivity index (χ4v) is 5.74. The van der Waals surface area contributed by atoms with Crippen LogP contribution in [0.2, 0.25) is 10.3 Å². The SMILES string of the molecule is O=C(NC1CC(=O)N(c2ccc([C@H]3O[C@@H](Cn4cnc(Cl)c4Cl)C[C@@H](c4ccc(CO)cc4)O3)cc2)C1=O)OCc1ccccc1. The summed E-state index contributed by atoms with van der Waals surface area (Å²) >= 11 is 12.4. The third-order valence-electron chi connectivity index (χ3n) is 7.82. The number of carbonyl (C=O) groups is 3. The van der Waals surface area contributed by atoms with E-state index in [2.05, 4.69) is 10.3 Å². The highest BCUT2D eigenvalue weighted by Gasteiger charge is 2.41. The Balaban J connectivity index is 1.14. The third-order valence-corrected chi connectivity index (χ3v) is 8.59. The van der Waals surface area contributed by atoms with Crippen molar-refractivity contribution in [2.45, 2.75) is 57.1 Å². The molecule has 0 bridgehead atoms. The standard InChI is InChI=1S/C33H30Cl2N4O7/c34-29-30(35)38(19-36-29)16-25-14-27(22-8-6-20(17-40)7-9-22)46-32(45-25)23-10-12-24(13-11-23)39-28(41)15-26(31(39)42)37-33(43)44-18-21-4-2-1-3-5-21/h1-13,19,25-27,32,40H,14-18H2,(H,37,43)/t25-,26?,27+,32+/m1/s1. The highest BCUT2D eigenvalue weighted by atomic mass is 35.5. The van der Waals surface area contributed by atoms with Crippen molar-refractivity contribution >= 4 is 46.8 Å². The summed E-state index contributed by atoms with van der Waals surface area (Å²) in [5, 5.41) is 12.5. The molecule has 1 unspecified atom stereocenters. The number of anilines is 1. The van der Waals surface area contributed by atoms with Crippen molar-refractivity contribution in [2.24, 2.45) is 0 Å². The lowest BCUT2D eigenvalue weighted by molar-refractivity contribution is -0.252. The molecule has 13 heteroatoms. The number of carbonyl (C=O) groups excluding carboxylic acids is 3. The maximum absolute atomic E-state index is 13.1. The van der Waals surface area contributed by atoms with E-state index in [0.717, 1.165) is 21.6 Å². The molecule has 3 aromatic carbocycles. The number of benzene rings is 3. The second kappa shape index (κ2) is 14.0. The number of aliphatic hydroxyl groups is 1. The van der Waals surface area contributed by atoms with E-state index < -0.39 is 30.2 Å². The minimum atomic E-state index is -1.04. The number of aromatic nitrogens is 2. The summed E-state index contributed by atoms with van der Waals surface area (Å²) in [5.74, 6) is -1.000. The van der Waals surface area contributed by atoms with Gasteiger partial charge >= 0.3 is 6.09 Å².